The molecular weight excluding hydrogens is 204 g/mol. The average molecular weight is 219 g/mol. The molecule has 0 saturated heterocycles. The van der Waals surface area contributed by atoms with Crippen molar-refractivity contribution in [2.75, 3.05) is 6.54 Å². The maximum absolute atomic E-state index is 11.0. The lowest BCUT2D eigenvalue weighted by molar-refractivity contribution is -0.121. The van der Waals surface area contributed by atoms with Gasteiger partial charge in [0.15, 0.2) is 0 Å². The van der Waals surface area contributed by atoms with Gasteiger partial charge < -0.3 is 16.0 Å². The topological polar surface area (TPSA) is 83.8 Å². The molecule has 6 heteroatoms. The third-order valence-electron chi connectivity index (χ3n) is 1.66. The number of halogens is 1. The van der Waals surface area contributed by atoms with E-state index in [4.69, 9.17) is 5.73 Å². The Kier molecular flexibility index (Phi) is 5.91. The predicted molar refractivity (Wildman–Crippen MR) is 56.2 cm³/mol. The first-order chi connectivity index (χ1) is 6.20. The molecule has 1 aromatic heterocycles. The minimum absolute atomic E-state index is 0. The summed E-state index contributed by atoms with van der Waals surface area (Å²) < 4.78 is 0. The summed E-state index contributed by atoms with van der Waals surface area (Å²) in [4.78, 5) is 17.8. The molecule has 80 valence electrons. The lowest BCUT2D eigenvalue weighted by atomic mass is 10.3. The molecule has 0 bridgehead atoms. The van der Waals surface area contributed by atoms with Crippen molar-refractivity contribution in [2.24, 2.45) is 5.73 Å². The highest BCUT2D eigenvalue weighted by atomic mass is 35.5. The van der Waals surface area contributed by atoms with E-state index in [1.807, 2.05) is 0 Å². The Balaban J connectivity index is 0.00000169. The highest BCUT2D eigenvalue weighted by Crippen LogP contribution is 1.90. The number of amides is 1. The van der Waals surface area contributed by atoms with Crippen molar-refractivity contribution in [2.45, 2.75) is 19.4 Å². The van der Waals surface area contributed by atoms with Crippen LogP contribution in [-0.4, -0.2) is 28.5 Å². The molecule has 0 spiro atoms. The molecule has 0 aliphatic heterocycles. The van der Waals surface area contributed by atoms with Gasteiger partial charge in [0, 0.05) is 24.9 Å². The first-order valence-corrected chi connectivity index (χ1v) is 4.20. The van der Waals surface area contributed by atoms with Gasteiger partial charge in [0.1, 0.15) is 0 Å². The predicted octanol–water partition coefficient (Wildman–Crippen LogP) is -0.163. The first-order valence-electron chi connectivity index (χ1n) is 4.20. The maximum atomic E-state index is 11.0. The molecule has 0 aromatic carbocycles. The zero-order valence-electron chi connectivity index (χ0n) is 7.99. The summed E-state index contributed by atoms with van der Waals surface area (Å²) in [7, 11) is 0. The Morgan fingerprint density at radius 3 is 3.00 bits per heavy atom. The van der Waals surface area contributed by atoms with Gasteiger partial charge in [-0.25, -0.2) is 4.98 Å². The highest BCUT2D eigenvalue weighted by molar-refractivity contribution is 5.85. The molecule has 1 aromatic rings. The molecule has 0 aliphatic rings. The van der Waals surface area contributed by atoms with Crippen molar-refractivity contribution < 1.29 is 4.79 Å². The van der Waals surface area contributed by atoms with Crippen LogP contribution in [0.2, 0.25) is 0 Å². The zero-order chi connectivity index (χ0) is 9.68. The molecule has 0 fully saturated rings. The molecule has 0 aliphatic carbocycles. The van der Waals surface area contributed by atoms with E-state index in [0.29, 0.717) is 6.54 Å². The zero-order valence-corrected chi connectivity index (χ0v) is 8.80. The van der Waals surface area contributed by atoms with E-state index in [1.54, 1.807) is 19.4 Å². The minimum atomic E-state index is -0.443. The number of hydrogen-bond donors (Lipinski definition) is 3. The van der Waals surface area contributed by atoms with Crippen LogP contribution in [0, 0.1) is 0 Å². The smallest absolute Gasteiger partial charge is 0.236 e. The molecule has 5 nitrogen and oxygen atoms in total. The number of aromatic amines is 1. The number of nitrogens with two attached hydrogens (primary N) is 1. The number of rotatable bonds is 4. The van der Waals surface area contributed by atoms with Gasteiger partial charge in [-0.2, -0.15) is 0 Å². The third kappa shape index (κ3) is 4.25. The Hall–Kier alpha value is -1.07. The van der Waals surface area contributed by atoms with Gasteiger partial charge in [0.2, 0.25) is 5.91 Å². The van der Waals surface area contributed by atoms with Gasteiger partial charge in [-0.05, 0) is 6.92 Å². The van der Waals surface area contributed by atoms with Crippen LogP contribution in [-0.2, 0) is 11.2 Å². The van der Waals surface area contributed by atoms with Crippen LogP contribution in [0.1, 0.15) is 12.6 Å². The lowest BCUT2D eigenvalue weighted by Crippen LogP contribution is -2.39. The van der Waals surface area contributed by atoms with Crippen LogP contribution in [0.5, 0.6) is 0 Å². The molecule has 0 unspecified atom stereocenters. The van der Waals surface area contributed by atoms with E-state index in [9.17, 15) is 4.79 Å². The Bertz CT molecular complexity index is 260. The van der Waals surface area contributed by atoms with Gasteiger partial charge in [-0.1, -0.05) is 0 Å². The average Bonchev–Trinajstić information content (AvgIpc) is 2.56. The lowest BCUT2D eigenvalue weighted by Gasteiger charge is -2.06. The molecule has 14 heavy (non-hydrogen) atoms. The second-order valence-electron chi connectivity index (χ2n) is 2.91. The number of nitrogens with zero attached hydrogens (tertiary/aromatic N) is 1. The first kappa shape index (κ1) is 12.9. The number of aromatic nitrogens is 2. The minimum Gasteiger partial charge on any atom is -0.354 e. The van der Waals surface area contributed by atoms with E-state index in [1.165, 1.54) is 0 Å². The second kappa shape index (κ2) is 6.39. The standard InChI is InChI=1S/C8H14N4O.ClH/c1-6(9)8(13)11-3-2-7-4-10-5-12-7;/h4-6H,2-3,9H2,1H3,(H,10,12)(H,11,13);1H/t6-;/m0./s1. The van der Waals surface area contributed by atoms with Crippen molar-refractivity contribution in [1.29, 1.82) is 0 Å². The monoisotopic (exact) mass is 218 g/mol. The number of nitrogens with one attached hydrogen (secondary N) is 2. The van der Waals surface area contributed by atoms with Gasteiger partial charge in [0.25, 0.3) is 0 Å². The SMILES string of the molecule is C[C@H](N)C(=O)NCCc1cnc[nH]1.Cl. The highest BCUT2D eigenvalue weighted by Gasteiger charge is 2.05. The molecule has 4 N–H and O–H groups in total. The van der Waals surface area contributed by atoms with Crippen molar-refractivity contribution >= 4 is 18.3 Å². The van der Waals surface area contributed by atoms with Crippen LogP contribution in [0.3, 0.4) is 0 Å². The largest absolute Gasteiger partial charge is 0.354 e. The van der Waals surface area contributed by atoms with E-state index in [0.717, 1.165) is 12.1 Å². The number of carbonyl (C=O) groups is 1. The Labute approximate surface area is 88.9 Å². The maximum Gasteiger partial charge on any atom is 0.236 e. The van der Waals surface area contributed by atoms with Crippen LogP contribution < -0.4 is 11.1 Å². The van der Waals surface area contributed by atoms with Crippen molar-refractivity contribution in [1.82, 2.24) is 15.3 Å². The fraction of sp³-hybridized carbons (Fsp3) is 0.500. The molecule has 0 radical (unpaired) electrons. The van der Waals surface area contributed by atoms with Crippen molar-refractivity contribution in [3.63, 3.8) is 0 Å². The summed E-state index contributed by atoms with van der Waals surface area (Å²) in [5, 5.41) is 2.71. The van der Waals surface area contributed by atoms with Crippen molar-refractivity contribution in [3.8, 4) is 0 Å². The van der Waals surface area contributed by atoms with E-state index >= 15 is 0 Å². The quantitative estimate of drug-likeness (QED) is 0.657. The summed E-state index contributed by atoms with van der Waals surface area (Å²) in [6.45, 7) is 2.24. The van der Waals surface area contributed by atoms with Crippen molar-refractivity contribution in [3.05, 3.63) is 18.2 Å². The van der Waals surface area contributed by atoms with Gasteiger partial charge >= 0.3 is 0 Å². The summed E-state index contributed by atoms with van der Waals surface area (Å²) in [6, 6.07) is -0.443. The van der Waals surface area contributed by atoms with E-state index < -0.39 is 6.04 Å². The molecule has 1 rings (SSSR count). The van der Waals surface area contributed by atoms with E-state index in [-0.39, 0.29) is 18.3 Å². The van der Waals surface area contributed by atoms with Crippen LogP contribution in [0.25, 0.3) is 0 Å². The van der Waals surface area contributed by atoms with Crippen LogP contribution >= 0.6 is 12.4 Å². The normalized spacial score (nSPS) is 11.6. The fourth-order valence-electron chi connectivity index (χ4n) is 0.903. The molecular formula is C8H15ClN4O. The number of carbonyl (C=O) groups excluding carboxylic acids is 1. The summed E-state index contributed by atoms with van der Waals surface area (Å²) in [5.41, 5.74) is 6.37. The fourth-order valence-corrected chi connectivity index (χ4v) is 0.903. The summed E-state index contributed by atoms with van der Waals surface area (Å²) >= 11 is 0. The second-order valence-corrected chi connectivity index (χ2v) is 2.91. The summed E-state index contributed by atoms with van der Waals surface area (Å²) in [5.74, 6) is -0.125. The molecule has 1 atom stereocenters. The number of H-pyrrole nitrogens is 1. The van der Waals surface area contributed by atoms with Gasteiger partial charge in [0.05, 0.1) is 12.4 Å². The summed E-state index contributed by atoms with van der Waals surface area (Å²) in [6.07, 6.45) is 4.10. The van der Waals surface area contributed by atoms with Gasteiger partial charge in [-0.15, -0.1) is 12.4 Å². The Morgan fingerprint density at radius 1 is 1.79 bits per heavy atom. The van der Waals surface area contributed by atoms with Gasteiger partial charge in [-0.3, -0.25) is 4.79 Å². The Morgan fingerprint density at radius 2 is 2.50 bits per heavy atom. The number of hydrogen-bond acceptors (Lipinski definition) is 3. The molecule has 1 amide bonds. The third-order valence-corrected chi connectivity index (χ3v) is 1.66. The van der Waals surface area contributed by atoms with E-state index in [2.05, 4.69) is 15.3 Å². The molecule has 1 heterocycles. The van der Waals surface area contributed by atoms with Crippen LogP contribution in [0.15, 0.2) is 12.5 Å². The number of imidazole rings is 1. The molecule has 0 saturated carbocycles. The van der Waals surface area contributed by atoms with Crippen LogP contribution in [0.4, 0.5) is 0 Å².